The Labute approximate surface area is 198 Å². The molecule has 1 saturated heterocycles. The first-order chi connectivity index (χ1) is 16.4. The number of hydrogen-bond donors (Lipinski definition) is 3. The Hall–Kier alpha value is -3.41. The molecule has 2 heterocycles. The highest BCUT2D eigenvalue weighted by Crippen LogP contribution is 2.28. The van der Waals surface area contributed by atoms with Gasteiger partial charge in [-0.25, -0.2) is 4.39 Å². The zero-order chi connectivity index (χ0) is 24.2. The fraction of sp³-hybridized carbons (Fsp3) is 0.385. The van der Waals surface area contributed by atoms with Gasteiger partial charge < -0.3 is 25.3 Å². The van der Waals surface area contributed by atoms with E-state index in [4.69, 9.17) is 0 Å². The molecule has 2 aliphatic heterocycles. The van der Waals surface area contributed by atoms with Gasteiger partial charge in [-0.2, -0.15) is 5.26 Å². The number of nitrogens with one attached hydrogen (secondary N) is 1. The van der Waals surface area contributed by atoms with E-state index in [1.165, 1.54) is 12.1 Å². The standard InChI is InChI=1S/C26H29FN4O3/c1-17(31-15-19-4-2-3-5-20(19)16-31)24(32)25(33)26(34)29-14-18-8-10-30(11-9-18)23-7-6-22(27)12-21(23)13-28/h2-7,12,18,24-25,32-33H,1,8-11,14-16H2,(H,29,34). The van der Waals surface area contributed by atoms with Crippen LogP contribution in [-0.4, -0.2) is 52.9 Å². The lowest BCUT2D eigenvalue weighted by Crippen LogP contribution is -2.47. The summed E-state index contributed by atoms with van der Waals surface area (Å²) in [4.78, 5) is 16.4. The van der Waals surface area contributed by atoms with Crippen LogP contribution in [0.15, 0.2) is 54.7 Å². The molecule has 7 nitrogen and oxygen atoms in total. The Morgan fingerprint density at radius 3 is 2.41 bits per heavy atom. The Morgan fingerprint density at radius 2 is 1.79 bits per heavy atom. The van der Waals surface area contributed by atoms with E-state index < -0.39 is 23.9 Å². The number of anilines is 1. The van der Waals surface area contributed by atoms with E-state index in [1.54, 1.807) is 6.07 Å². The maximum atomic E-state index is 13.4. The highest BCUT2D eigenvalue weighted by molar-refractivity contribution is 5.81. The normalized spacial score (nSPS) is 17.6. The minimum atomic E-state index is -1.60. The molecular formula is C26H29FN4O3. The van der Waals surface area contributed by atoms with Crippen LogP contribution in [0.2, 0.25) is 0 Å². The predicted molar refractivity (Wildman–Crippen MR) is 126 cm³/mol. The third-order valence-electron chi connectivity index (χ3n) is 6.76. The van der Waals surface area contributed by atoms with Crippen LogP contribution in [0.1, 0.15) is 29.5 Å². The second kappa shape index (κ2) is 10.2. The number of nitriles is 1. The van der Waals surface area contributed by atoms with Crippen molar-refractivity contribution >= 4 is 11.6 Å². The maximum absolute atomic E-state index is 13.4. The van der Waals surface area contributed by atoms with Crippen LogP contribution in [0.3, 0.4) is 0 Å². The molecule has 2 aromatic carbocycles. The lowest BCUT2D eigenvalue weighted by Gasteiger charge is -2.34. The van der Waals surface area contributed by atoms with E-state index in [1.807, 2.05) is 40.1 Å². The highest BCUT2D eigenvalue weighted by atomic mass is 19.1. The van der Waals surface area contributed by atoms with Crippen molar-refractivity contribution in [3.63, 3.8) is 0 Å². The van der Waals surface area contributed by atoms with Crippen LogP contribution in [0.4, 0.5) is 10.1 Å². The molecule has 0 radical (unpaired) electrons. The molecule has 1 fully saturated rings. The molecule has 0 aliphatic carbocycles. The summed E-state index contributed by atoms with van der Waals surface area (Å²) in [5.41, 5.74) is 3.63. The van der Waals surface area contributed by atoms with Gasteiger partial charge in [0.25, 0.3) is 5.91 Å². The van der Waals surface area contributed by atoms with E-state index in [0.29, 0.717) is 49.7 Å². The summed E-state index contributed by atoms with van der Waals surface area (Å²) in [6, 6.07) is 14.2. The van der Waals surface area contributed by atoms with Crippen LogP contribution in [0, 0.1) is 23.1 Å². The number of benzene rings is 2. The number of carbonyl (C=O) groups excluding carboxylic acids is 1. The van der Waals surface area contributed by atoms with E-state index in [2.05, 4.69) is 11.9 Å². The van der Waals surface area contributed by atoms with Crippen molar-refractivity contribution in [3.05, 3.63) is 77.2 Å². The number of amides is 1. The smallest absolute Gasteiger partial charge is 0.251 e. The number of aliphatic hydroxyl groups is 2. The summed E-state index contributed by atoms with van der Waals surface area (Å²) in [6.07, 6.45) is -1.44. The summed E-state index contributed by atoms with van der Waals surface area (Å²) in [5.74, 6) is -0.861. The number of fused-ring (bicyclic) bond motifs is 1. The average Bonchev–Trinajstić information content (AvgIpc) is 3.30. The first-order valence-electron chi connectivity index (χ1n) is 11.5. The van der Waals surface area contributed by atoms with Crippen LogP contribution in [0.25, 0.3) is 0 Å². The van der Waals surface area contributed by atoms with E-state index in [0.717, 1.165) is 24.0 Å². The Morgan fingerprint density at radius 1 is 1.15 bits per heavy atom. The average molecular weight is 465 g/mol. The van der Waals surface area contributed by atoms with Gasteiger partial charge >= 0.3 is 0 Å². The molecule has 2 aromatic rings. The molecule has 0 saturated carbocycles. The van der Waals surface area contributed by atoms with Crippen molar-refractivity contribution in [1.82, 2.24) is 10.2 Å². The van der Waals surface area contributed by atoms with Crippen LogP contribution in [0.5, 0.6) is 0 Å². The van der Waals surface area contributed by atoms with Gasteiger partial charge in [-0.15, -0.1) is 0 Å². The third kappa shape index (κ3) is 5.06. The molecule has 0 aromatic heterocycles. The van der Waals surface area contributed by atoms with Gasteiger partial charge in [0.05, 0.1) is 11.3 Å². The number of aliphatic hydroxyl groups excluding tert-OH is 2. The van der Waals surface area contributed by atoms with Gasteiger partial charge in [0, 0.05) is 38.4 Å². The van der Waals surface area contributed by atoms with E-state index in [9.17, 15) is 24.7 Å². The number of halogens is 1. The first-order valence-corrected chi connectivity index (χ1v) is 11.5. The van der Waals surface area contributed by atoms with Crippen molar-refractivity contribution in [2.75, 3.05) is 24.5 Å². The largest absolute Gasteiger partial charge is 0.384 e. The lowest BCUT2D eigenvalue weighted by atomic mass is 9.95. The van der Waals surface area contributed by atoms with Gasteiger partial charge in [0.2, 0.25) is 0 Å². The van der Waals surface area contributed by atoms with Gasteiger partial charge in [0.1, 0.15) is 18.0 Å². The molecule has 2 unspecified atom stereocenters. The number of carbonyl (C=O) groups is 1. The molecule has 8 heteroatoms. The summed E-state index contributed by atoms with van der Waals surface area (Å²) in [7, 11) is 0. The van der Waals surface area contributed by atoms with Gasteiger partial charge in [0.15, 0.2) is 6.10 Å². The van der Waals surface area contributed by atoms with Crippen molar-refractivity contribution in [3.8, 4) is 6.07 Å². The fourth-order valence-corrected chi connectivity index (χ4v) is 4.65. The second-order valence-electron chi connectivity index (χ2n) is 8.95. The molecule has 2 atom stereocenters. The van der Waals surface area contributed by atoms with Gasteiger partial charge in [-0.3, -0.25) is 4.79 Å². The first kappa shape index (κ1) is 23.7. The topological polar surface area (TPSA) is 99.8 Å². The molecule has 0 spiro atoms. The zero-order valence-corrected chi connectivity index (χ0v) is 19.0. The van der Waals surface area contributed by atoms with Crippen LogP contribution in [-0.2, 0) is 17.9 Å². The van der Waals surface area contributed by atoms with Crippen LogP contribution >= 0.6 is 0 Å². The maximum Gasteiger partial charge on any atom is 0.251 e. The summed E-state index contributed by atoms with van der Waals surface area (Å²) < 4.78 is 13.4. The fourth-order valence-electron chi connectivity index (χ4n) is 4.65. The summed E-state index contributed by atoms with van der Waals surface area (Å²) in [6.45, 7) is 6.82. The highest BCUT2D eigenvalue weighted by Gasteiger charge is 2.32. The lowest BCUT2D eigenvalue weighted by molar-refractivity contribution is -0.134. The van der Waals surface area contributed by atoms with Crippen molar-refractivity contribution in [1.29, 1.82) is 5.26 Å². The Kier molecular flexibility index (Phi) is 7.15. The van der Waals surface area contributed by atoms with Crippen molar-refractivity contribution in [2.24, 2.45) is 5.92 Å². The predicted octanol–water partition coefficient (Wildman–Crippen LogP) is 2.28. The number of rotatable bonds is 7. The minimum Gasteiger partial charge on any atom is -0.384 e. The Bertz CT molecular complexity index is 1080. The molecular weight excluding hydrogens is 435 g/mol. The third-order valence-corrected chi connectivity index (χ3v) is 6.76. The minimum absolute atomic E-state index is 0.201. The summed E-state index contributed by atoms with van der Waals surface area (Å²) in [5, 5.41) is 33.0. The molecule has 4 rings (SSSR count). The van der Waals surface area contributed by atoms with E-state index >= 15 is 0 Å². The zero-order valence-electron chi connectivity index (χ0n) is 19.0. The summed E-state index contributed by atoms with van der Waals surface area (Å²) >= 11 is 0. The number of piperidine rings is 1. The second-order valence-corrected chi connectivity index (χ2v) is 8.95. The van der Waals surface area contributed by atoms with E-state index in [-0.39, 0.29) is 5.92 Å². The Balaban J connectivity index is 1.24. The number of hydrogen-bond acceptors (Lipinski definition) is 6. The number of nitrogens with zero attached hydrogens (tertiary/aromatic N) is 3. The van der Waals surface area contributed by atoms with Crippen molar-refractivity contribution < 1.29 is 19.4 Å². The molecule has 3 N–H and O–H groups in total. The molecule has 34 heavy (non-hydrogen) atoms. The molecule has 0 bridgehead atoms. The SMILES string of the molecule is C=C(C(O)C(O)C(=O)NCC1CCN(c2ccc(F)cc2C#N)CC1)N1Cc2ccccc2C1. The van der Waals surface area contributed by atoms with Crippen LogP contribution < -0.4 is 10.2 Å². The monoisotopic (exact) mass is 464 g/mol. The molecule has 178 valence electrons. The molecule has 1 amide bonds. The quantitative estimate of drug-likeness (QED) is 0.582. The van der Waals surface area contributed by atoms with Gasteiger partial charge in [-0.1, -0.05) is 30.8 Å². The molecule has 2 aliphatic rings. The van der Waals surface area contributed by atoms with Gasteiger partial charge in [-0.05, 0) is 48.1 Å². The van der Waals surface area contributed by atoms with Crippen molar-refractivity contribution in [2.45, 2.75) is 38.1 Å².